The molecule has 1 amide bonds. The van der Waals surface area contributed by atoms with Crippen LogP contribution >= 0.6 is 38.9 Å². The zero-order valence-corrected chi connectivity index (χ0v) is 12.8. The molecule has 2 rings (SSSR count). The first-order valence-corrected chi connectivity index (χ1v) is 7.36. The first-order valence-electron chi connectivity index (χ1n) is 5.31. The van der Waals surface area contributed by atoms with Crippen LogP contribution in [0.3, 0.4) is 0 Å². The molecule has 18 heavy (non-hydrogen) atoms. The third-order valence-corrected chi connectivity index (χ3v) is 4.29. The van der Waals surface area contributed by atoms with Gasteiger partial charge in [-0.05, 0) is 29.1 Å². The van der Waals surface area contributed by atoms with Gasteiger partial charge >= 0.3 is 0 Å². The summed E-state index contributed by atoms with van der Waals surface area (Å²) >= 11 is 10.7. The van der Waals surface area contributed by atoms with Crippen molar-refractivity contribution in [3.8, 4) is 0 Å². The molecule has 94 valence electrons. The summed E-state index contributed by atoms with van der Waals surface area (Å²) in [5.41, 5.74) is 1.08. The van der Waals surface area contributed by atoms with E-state index < -0.39 is 0 Å². The number of benzene rings is 1. The molecule has 5 heteroatoms. The molecule has 0 spiro atoms. The van der Waals surface area contributed by atoms with Crippen LogP contribution in [0.4, 0.5) is 0 Å². The van der Waals surface area contributed by atoms with Crippen molar-refractivity contribution in [1.29, 1.82) is 0 Å². The van der Waals surface area contributed by atoms with Crippen LogP contribution in [0.2, 0.25) is 5.02 Å². The van der Waals surface area contributed by atoms with E-state index in [0.717, 1.165) is 10.0 Å². The van der Waals surface area contributed by atoms with Crippen molar-refractivity contribution in [2.24, 2.45) is 0 Å². The lowest BCUT2D eigenvalue weighted by Gasteiger charge is -2.16. The number of carbonyl (C=O) groups excluding carboxylic acids is 1. The van der Waals surface area contributed by atoms with E-state index >= 15 is 0 Å². The van der Waals surface area contributed by atoms with E-state index in [1.54, 1.807) is 18.0 Å². The van der Waals surface area contributed by atoms with Crippen LogP contribution in [-0.4, -0.2) is 17.9 Å². The minimum atomic E-state index is -0.0463. The van der Waals surface area contributed by atoms with E-state index in [2.05, 4.69) is 15.9 Å². The van der Waals surface area contributed by atoms with Gasteiger partial charge in [0, 0.05) is 18.1 Å². The Morgan fingerprint density at radius 3 is 2.83 bits per heavy atom. The van der Waals surface area contributed by atoms with Gasteiger partial charge in [-0.15, -0.1) is 11.3 Å². The molecule has 1 aromatic carbocycles. The maximum absolute atomic E-state index is 12.2. The van der Waals surface area contributed by atoms with E-state index in [9.17, 15) is 4.79 Å². The monoisotopic (exact) mass is 343 g/mol. The summed E-state index contributed by atoms with van der Waals surface area (Å²) in [6.45, 7) is 0.562. The zero-order valence-electron chi connectivity index (χ0n) is 9.69. The minimum Gasteiger partial charge on any atom is -0.337 e. The molecule has 0 fully saturated rings. The number of rotatable bonds is 3. The summed E-state index contributed by atoms with van der Waals surface area (Å²) in [6, 6.07) is 9.65. The van der Waals surface area contributed by atoms with Crippen LogP contribution in [-0.2, 0) is 6.54 Å². The van der Waals surface area contributed by atoms with Crippen LogP contribution in [0, 0.1) is 0 Å². The Kier molecular flexibility index (Phi) is 4.43. The van der Waals surface area contributed by atoms with Gasteiger partial charge in [-0.3, -0.25) is 4.79 Å². The van der Waals surface area contributed by atoms with Crippen molar-refractivity contribution in [3.63, 3.8) is 0 Å². The lowest BCUT2D eigenvalue weighted by Crippen LogP contribution is -2.25. The number of carbonyl (C=O) groups is 1. The Morgan fingerprint density at radius 2 is 2.22 bits per heavy atom. The van der Waals surface area contributed by atoms with Crippen molar-refractivity contribution in [3.05, 3.63) is 55.6 Å². The molecule has 0 saturated carbocycles. The van der Waals surface area contributed by atoms with Crippen LogP contribution in [0.1, 0.15) is 15.2 Å². The second-order valence-electron chi connectivity index (χ2n) is 3.89. The molecule has 0 unspecified atom stereocenters. The summed E-state index contributed by atoms with van der Waals surface area (Å²) in [6.07, 6.45) is 0. The molecule has 0 N–H and O–H groups in total. The maximum Gasteiger partial charge on any atom is 0.265 e. The molecule has 1 heterocycles. The van der Waals surface area contributed by atoms with Gasteiger partial charge < -0.3 is 4.90 Å². The summed E-state index contributed by atoms with van der Waals surface area (Å²) in [5, 5.41) is 2.34. The number of hydrogen-bond acceptors (Lipinski definition) is 2. The van der Waals surface area contributed by atoms with Gasteiger partial charge in [-0.1, -0.05) is 39.7 Å². The fourth-order valence-electron chi connectivity index (χ4n) is 1.60. The average molecular weight is 345 g/mol. The smallest absolute Gasteiger partial charge is 0.265 e. The molecule has 0 bridgehead atoms. The summed E-state index contributed by atoms with van der Waals surface area (Å²) in [7, 11) is 1.78. The predicted molar refractivity (Wildman–Crippen MR) is 79.3 cm³/mol. The molecule has 2 nitrogen and oxygen atoms in total. The quantitative estimate of drug-likeness (QED) is 0.806. The molecule has 0 radical (unpaired) electrons. The summed E-state index contributed by atoms with van der Waals surface area (Å²) in [4.78, 5) is 14.4. The van der Waals surface area contributed by atoms with Gasteiger partial charge in [0.05, 0.1) is 5.02 Å². The summed E-state index contributed by atoms with van der Waals surface area (Å²) < 4.78 is 1.01. The van der Waals surface area contributed by atoms with E-state index in [4.69, 9.17) is 11.6 Å². The Morgan fingerprint density at radius 1 is 1.44 bits per heavy atom. The van der Waals surface area contributed by atoms with Crippen LogP contribution in [0.15, 0.2) is 40.2 Å². The molecule has 1 aromatic heterocycles. The largest absolute Gasteiger partial charge is 0.337 e. The first-order chi connectivity index (χ1) is 8.58. The van der Waals surface area contributed by atoms with Gasteiger partial charge in [0.1, 0.15) is 4.88 Å². The number of nitrogens with zero attached hydrogens (tertiary/aromatic N) is 1. The molecule has 0 atom stereocenters. The highest BCUT2D eigenvalue weighted by Crippen LogP contribution is 2.24. The second-order valence-corrected chi connectivity index (χ2v) is 6.13. The van der Waals surface area contributed by atoms with Crippen LogP contribution in [0.5, 0.6) is 0 Å². The normalized spacial score (nSPS) is 10.4. The Labute approximate surface area is 123 Å². The number of amides is 1. The summed E-state index contributed by atoms with van der Waals surface area (Å²) in [5.74, 6) is -0.0463. The highest BCUT2D eigenvalue weighted by atomic mass is 79.9. The predicted octanol–water partition coefficient (Wildman–Crippen LogP) is 4.44. The molecule has 0 saturated heterocycles. The Hall–Kier alpha value is -0.840. The lowest BCUT2D eigenvalue weighted by atomic mass is 10.2. The minimum absolute atomic E-state index is 0.0463. The number of halogens is 2. The van der Waals surface area contributed by atoms with Crippen molar-refractivity contribution in [1.82, 2.24) is 4.90 Å². The van der Waals surface area contributed by atoms with Crippen molar-refractivity contribution >= 4 is 44.8 Å². The van der Waals surface area contributed by atoms with Crippen LogP contribution < -0.4 is 0 Å². The Balaban J connectivity index is 2.11. The van der Waals surface area contributed by atoms with E-state index in [1.807, 2.05) is 29.6 Å². The molecule has 0 aliphatic carbocycles. The van der Waals surface area contributed by atoms with Crippen molar-refractivity contribution in [2.45, 2.75) is 6.54 Å². The third kappa shape index (κ3) is 3.13. The fraction of sp³-hybridized carbons (Fsp3) is 0.154. The van der Waals surface area contributed by atoms with Crippen molar-refractivity contribution in [2.75, 3.05) is 7.05 Å². The third-order valence-electron chi connectivity index (χ3n) is 2.47. The standard InChI is InChI=1S/C13H11BrClNOS/c1-16(8-9-3-2-4-10(14)7-9)13(17)12-11(15)5-6-18-12/h2-7H,8H2,1H3. The zero-order chi connectivity index (χ0) is 13.1. The van der Waals surface area contributed by atoms with Gasteiger partial charge in [0.15, 0.2) is 0 Å². The van der Waals surface area contributed by atoms with Gasteiger partial charge in [-0.2, -0.15) is 0 Å². The molecule has 0 aliphatic rings. The molecular formula is C13H11BrClNOS. The molecule has 2 aromatic rings. The Bertz CT molecular complexity index is 570. The van der Waals surface area contributed by atoms with Gasteiger partial charge in [0.25, 0.3) is 5.91 Å². The molecular weight excluding hydrogens is 334 g/mol. The second kappa shape index (κ2) is 5.87. The maximum atomic E-state index is 12.2. The highest BCUT2D eigenvalue weighted by Gasteiger charge is 2.16. The first kappa shape index (κ1) is 13.6. The van der Waals surface area contributed by atoms with Gasteiger partial charge in [0.2, 0.25) is 0 Å². The van der Waals surface area contributed by atoms with Crippen molar-refractivity contribution < 1.29 is 4.79 Å². The SMILES string of the molecule is CN(Cc1cccc(Br)c1)C(=O)c1sccc1Cl. The van der Waals surface area contributed by atoms with E-state index in [0.29, 0.717) is 16.4 Å². The average Bonchev–Trinajstić information content (AvgIpc) is 2.74. The fourth-order valence-corrected chi connectivity index (χ4v) is 3.18. The van der Waals surface area contributed by atoms with E-state index in [-0.39, 0.29) is 5.91 Å². The van der Waals surface area contributed by atoms with Crippen LogP contribution in [0.25, 0.3) is 0 Å². The topological polar surface area (TPSA) is 20.3 Å². The number of hydrogen-bond donors (Lipinski definition) is 0. The lowest BCUT2D eigenvalue weighted by molar-refractivity contribution is 0.0790. The van der Waals surface area contributed by atoms with E-state index in [1.165, 1.54) is 11.3 Å². The molecule has 0 aliphatic heterocycles. The number of thiophene rings is 1. The highest BCUT2D eigenvalue weighted by molar-refractivity contribution is 9.10. The van der Waals surface area contributed by atoms with Gasteiger partial charge in [-0.25, -0.2) is 0 Å².